The number of hydrogen-bond donors (Lipinski definition) is 1. The highest BCUT2D eigenvalue weighted by molar-refractivity contribution is 5.95. The van der Waals surface area contributed by atoms with Crippen molar-refractivity contribution in [1.82, 2.24) is 9.91 Å². The topological polar surface area (TPSA) is 63.3 Å². The summed E-state index contributed by atoms with van der Waals surface area (Å²) in [5.41, 5.74) is 9.39. The number of hydrogen-bond acceptors (Lipinski definition) is 6. The lowest BCUT2D eigenvalue weighted by Crippen LogP contribution is -2.56. The van der Waals surface area contributed by atoms with Crippen molar-refractivity contribution in [3.8, 4) is 11.5 Å². The third-order valence-corrected chi connectivity index (χ3v) is 5.58. The minimum absolute atomic E-state index is 0.190. The van der Waals surface area contributed by atoms with E-state index in [-0.39, 0.29) is 6.04 Å². The van der Waals surface area contributed by atoms with E-state index in [0.29, 0.717) is 35.8 Å². The van der Waals surface area contributed by atoms with Gasteiger partial charge in [-0.15, -0.1) is 0 Å². The first-order valence-electron chi connectivity index (χ1n) is 8.79. The van der Waals surface area contributed by atoms with Crippen LogP contribution in [-0.4, -0.2) is 55.5 Å². The number of methoxy groups -OCH3 is 1. The van der Waals surface area contributed by atoms with E-state index in [1.807, 2.05) is 13.0 Å². The molecule has 1 aromatic carbocycles. The van der Waals surface area contributed by atoms with Gasteiger partial charge in [-0.3, -0.25) is 9.91 Å². The number of benzene rings is 1. The molecule has 2 unspecified atom stereocenters. The Bertz CT molecular complexity index is 667. The van der Waals surface area contributed by atoms with Gasteiger partial charge >= 0.3 is 0 Å². The number of piperidine rings is 3. The quantitative estimate of drug-likeness (QED) is 0.857. The number of nitrogen functional groups attached to an aromatic ring is 1. The molecule has 0 aliphatic carbocycles. The van der Waals surface area contributed by atoms with Crippen molar-refractivity contribution < 1.29 is 9.47 Å². The molecule has 4 heterocycles. The first kappa shape index (κ1) is 15.6. The summed E-state index contributed by atoms with van der Waals surface area (Å²) in [7, 11) is 3.73. The van der Waals surface area contributed by atoms with E-state index in [1.54, 1.807) is 7.11 Å². The highest BCUT2D eigenvalue weighted by Gasteiger charge is 2.48. The second kappa shape index (κ2) is 5.84. The molecule has 0 aromatic heterocycles. The molecule has 2 bridgehead atoms. The Balaban J connectivity index is 1.72. The molecule has 3 fully saturated rings. The maximum Gasteiger partial charge on any atom is 0.184 e. The second-order valence-electron chi connectivity index (χ2n) is 6.87. The molecule has 0 radical (unpaired) electrons. The first-order chi connectivity index (χ1) is 11.6. The number of ether oxygens (including phenoxy) is 2. The molecule has 0 saturated carbocycles. The summed E-state index contributed by atoms with van der Waals surface area (Å²) in [5, 5.41) is 6.99. The van der Waals surface area contributed by atoms with Crippen LogP contribution in [0, 0.1) is 5.92 Å². The summed E-state index contributed by atoms with van der Waals surface area (Å²) in [4.78, 5) is 2.58. The SMILES string of the molecule is CCOc1c(N)cc(C2C3C(=NN2C)C2CCN3CC2)cc1OC. The Labute approximate surface area is 143 Å². The fourth-order valence-electron chi connectivity index (χ4n) is 4.52. The highest BCUT2D eigenvalue weighted by Crippen LogP contribution is 2.45. The van der Waals surface area contributed by atoms with Gasteiger partial charge in [-0.1, -0.05) is 0 Å². The Morgan fingerprint density at radius 1 is 1.25 bits per heavy atom. The third kappa shape index (κ3) is 2.24. The predicted molar refractivity (Wildman–Crippen MR) is 94.6 cm³/mol. The number of anilines is 1. The summed E-state index contributed by atoms with van der Waals surface area (Å²) in [6, 6.07) is 4.64. The van der Waals surface area contributed by atoms with Crippen molar-refractivity contribution in [2.45, 2.75) is 31.8 Å². The molecule has 1 aromatic rings. The van der Waals surface area contributed by atoms with Crippen LogP contribution in [0.1, 0.15) is 31.4 Å². The summed E-state index contributed by atoms with van der Waals surface area (Å²) in [6.45, 7) is 4.85. The molecule has 2 atom stereocenters. The second-order valence-corrected chi connectivity index (χ2v) is 6.87. The minimum Gasteiger partial charge on any atom is -0.493 e. The molecule has 6 nitrogen and oxygen atoms in total. The average Bonchev–Trinajstić information content (AvgIpc) is 2.96. The Hall–Kier alpha value is -1.95. The standard InChI is InChI=1S/C18H26N4O2/c1-4-24-18-13(19)9-12(10-14(18)23-3)16-17-15(20-21(16)2)11-5-7-22(17)8-6-11/h9-11,16-17H,4-8,19H2,1-3H3. The zero-order chi connectivity index (χ0) is 16.8. The lowest BCUT2D eigenvalue weighted by atomic mass is 9.78. The normalized spacial score (nSPS) is 31.0. The molecule has 2 N–H and O–H groups in total. The van der Waals surface area contributed by atoms with E-state index in [4.69, 9.17) is 20.3 Å². The fourth-order valence-corrected chi connectivity index (χ4v) is 4.52. The molecule has 4 aliphatic heterocycles. The molecule has 24 heavy (non-hydrogen) atoms. The van der Waals surface area contributed by atoms with Gasteiger partial charge in [-0.25, -0.2) is 0 Å². The molecule has 130 valence electrons. The van der Waals surface area contributed by atoms with Crippen LogP contribution in [0.2, 0.25) is 0 Å². The van der Waals surface area contributed by atoms with Crippen molar-refractivity contribution in [2.24, 2.45) is 11.0 Å². The van der Waals surface area contributed by atoms with Crippen molar-refractivity contribution >= 4 is 11.4 Å². The van der Waals surface area contributed by atoms with Gasteiger partial charge in [0.05, 0.1) is 37.2 Å². The van der Waals surface area contributed by atoms with Crippen LogP contribution >= 0.6 is 0 Å². The maximum atomic E-state index is 6.27. The van der Waals surface area contributed by atoms with Crippen LogP contribution in [0.5, 0.6) is 11.5 Å². The number of nitrogens with zero attached hydrogens (tertiary/aromatic N) is 3. The Kier molecular flexibility index (Phi) is 3.79. The van der Waals surface area contributed by atoms with Crippen LogP contribution in [0.15, 0.2) is 17.2 Å². The molecule has 5 rings (SSSR count). The van der Waals surface area contributed by atoms with Crippen molar-refractivity contribution in [2.75, 3.05) is 39.6 Å². The van der Waals surface area contributed by atoms with E-state index in [1.165, 1.54) is 31.6 Å². The van der Waals surface area contributed by atoms with Crippen LogP contribution in [0.25, 0.3) is 0 Å². The molecule has 0 spiro atoms. The molecule has 6 heteroatoms. The fraction of sp³-hybridized carbons (Fsp3) is 0.611. The summed E-state index contributed by atoms with van der Waals surface area (Å²) >= 11 is 0. The predicted octanol–water partition coefficient (Wildman–Crippen LogP) is 2.11. The minimum atomic E-state index is 0.190. The summed E-state index contributed by atoms with van der Waals surface area (Å²) in [6.07, 6.45) is 2.48. The van der Waals surface area contributed by atoms with Crippen molar-refractivity contribution in [1.29, 1.82) is 0 Å². The first-order valence-corrected chi connectivity index (χ1v) is 8.79. The van der Waals surface area contributed by atoms with Crippen LogP contribution in [-0.2, 0) is 0 Å². The zero-order valence-corrected chi connectivity index (χ0v) is 14.7. The van der Waals surface area contributed by atoms with Gasteiger partial charge in [-0.05, 0) is 50.6 Å². The lowest BCUT2D eigenvalue weighted by Gasteiger charge is -2.46. The molecule has 0 amide bonds. The Morgan fingerprint density at radius 2 is 2.00 bits per heavy atom. The van der Waals surface area contributed by atoms with E-state index < -0.39 is 0 Å². The van der Waals surface area contributed by atoms with Crippen molar-refractivity contribution in [3.05, 3.63) is 17.7 Å². The van der Waals surface area contributed by atoms with Gasteiger partial charge in [0.1, 0.15) is 0 Å². The largest absolute Gasteiger partial charge is 0.493 e. The lowest BCUT2D eigenvalue weighted by molar-refractivity contribution is 0.106. The molecule has 3 saturated heterocycles. The van der Waals surface area contributed by atoms with Crippen LogP contribution < -0.4 is 15.2 Å². The van der Waals surface area contributed by atoms with Gasteiger partial charge in [0, 0.05) is 13.0 Å². The van der Waals surface area contributed by atoms with E-state index in [2.05, 4.69) is 23.0 Å². The average molecular weight is 330 g/mol. The highest BCUT2D eigenvalue weighted by atomic mass is 16.5. The van der Waals surface area contributed by atoms with Gasteiger partial charge in [0.15, 0.2) is 11.5 Å². The summed E-state index contributed by atoms with van der Waals surface area (Å²) < 4.78 is 11.2. The number of nitrogens with two attached hydrogens (primary N) is 1. The van der Waals surface area contributed by atoms with E-state index >= 15 is 0 Å². The van der Waals surface area contributed by atoms with Crippen LogP contribution in [0.4, 0.5) is 5.69 Å². The number of hydrazone groups is 1. The van der Waals surface area contributed by atoms with E-state index in [0.717, 1.165) is 5.56 Å². The molecule has 4 aliphatic rings. The number of fused-ring (bicyclic) bond motifs is 2. The smallest absolute Gasteiger partial charge is 0.184 e. The maximum absolute atomic E-state index is 6.27. The van der Waals surface area contributed by atoms with Gasteiger partial charge in [0.25, 0.3) is 0 Å². The van der Waals surface area contributed by atoms with Crippen molar-refractivity contribution in [3.63, 3.8) is 0 Å². The Morgan fingerprint density at radius 3 is 2.67 bits per heavy atom. The monoisotopic (exact) mass is 330 g/mol. The zero-order valence-electron chi connectivity index (χ0n) is 14.7. The van der Waals surface area contributed by atoms with Gasteiger partial charge < -0.3 is 15.2 Å². The molecular weight excluding hydrogens is 304 g/mol. The number of rotatable bonds is 4. The molecular formula is C18H26N4O2. The van der Waals surface area contributed by atoms with Gasteiger partial charge in [0.2, 0.25) is 0 Å². The number of likely N-dealkylation sites (N-methyl/N-ethyl adjacent to an activating group) is 1. The van der Waals surface area contributed by atoms with E-state index in [9.17, 15) is 0 Å². The van der Waals surface area contributed by atoms with Gasteiger partial charge in [-0.2, -0.15) is 5.10 Å². The van der Waals surface area contributed by atoms with Crippen LogP contribution in [0.3, 0.4) is 0 Å². The summed E-state index contributed by atoms with van der Waals surface area (Å²) in [5.74, 6) is 1.98. The third-order valence-electron chi connectivity index (χ3n) is 5.58.